The lowest BCUT2D eigenvalue weighted by atomic mass is 10.0. The number of nitrogens with zero attached hydrogens (tertiary/aromatic N) is 6. The molecule has 2 saturated heterocycles. The lowest BCUT2D eigenvalue weighted by molar-refractivity contribution is -0.137. The van der Waals surface area contributed by atoms with Gasteiger partial charge in [-0.3, -0.25) is 35.0 Å². The quantitative estimate of drug-likeness (QED) is 0.137. The number of unbranched alkanes of at least 4 members (excludes halogenated alkanes) is 2. The van der Waals surface area contributed by atoms with Crippen molar-refractivity contribution < 1.29 is 19.1 Å². The summed E-state index contributed by atoms with van der Waals surface area (Å²) in [6, 6.07) is 18.5. The molecule has 0 saturated carbocycles. The van der Waals surface area contributed by atoms with Gasteiger partial charge < -0.3 is 24.0 Å². The molecule has 3 aliphatic heterocycles. The van der Waals surface area contributed by atoms with Gasteiger partial charge in [0.05, 0.1) is 18.7 Å². The Hall–Kier alpha value is -5.17. The number of aromatic nitrogens is 3. The van der Waals surface area contributed by atoms with Gasteiger partial charge in [-0.25, -0.2) is 0 Å². The highest BCUT2D eigenvalue weighted by molar-refractivity contribution is 6.08. The van der Waals surface area contributed by atoms with E-state index in [2.05, 4.69) is 73.4 Å². The van der Waals surface area contributed by atoms with Gasteiger partial charge in [-0.05, 0) is 92.7 Å². The summed E-state index contributed by atoms with van der Waals surface area (Å²) in [6.07, 6.45) is 10.3. The highest BCUT2D eigenvalue weighted by Gasteiger charge is 2.39. The van der Waals surface area contributed by atoms with Crippen LogP contribution in [0.3, 0.4) is 0 Å². The van der Waals surface area contributed by atoms with Crippen LogP contribution in [0.15, 0.2) is 73.2 Å². The Labute approximate surface area is 309 Å². The fourth-order valence-electron chi connectivity index (χ4n) is 7.90. The molecule has 3 amide bonds. The van der Waals surface area contributed by atoms with Crippen molar-refractivity contribution in [2.24, 2.45) is 7.05 Å². The van der Waals surface area contributed by atoms with Crippen molar-refractivity contribution in [3.8, 4) is 16.9 Å². The maximum Gasteiger partial charge on any atom is 0.264 e. The van der Waals surface area contributed by atoms with E-state index in [9.17, 15) is 14.4 Å². The molecule has 274 valence electrons. The van der Waals surface area contributed by atoms with Crippen LogP contribution in [-0.4, -0.2) is 106 Å². The molecule has 53 heavy (non-hydrogen) atoms. The normalized spacial score (nSPS) is 18.2. The predicted molar refractivity (Wildman–Crippen MR) is 203 cm³/mol. The average Bonchev–Trinajstić information content (AvgIpc) is 3.66. The average molecular weight is 715 g/mol. The van der Waals surface area contributed by atoms with E-state index >= 15 is 0 Å². The van der Waals surface area contributed by atoms with E-state index in [1.807, 2.05) is 30.7 Å². The van der Waals surface area contributed by atoms with E-state index in [4.69, 9.17) is 9.72 Å². The Bertz CT molecular complexity index is 2140. The summed E-state index contributed by atoms with van der Waals surface area (Å²) in [5.41, 5.74) is 7.25. The summed E-state index contributed by atoms with van der Waals surface area (Å²) in [6.45, 7) is 7.58. The number of hydrogen-bond acceptors (Lipinski definition) is 9. The molecule has 1 atom stereocenters. The molecule has 2 N–H and O–H groups in total. The zero-order chi connectivity index (χ0) is 36.3. The highest BCUT2D eigenvalue weighted by Crippen LogP contribution is 2.31. The molecule has 6 heterocycles. The molecule has 1 unspecified atom stereocenters. The number of imide groups is 1. The summed E-state index contributed by atoms with van der Waals surface area (Å²) in [7, 11) is 2.11. The van der Waals surface area contributed by atoms with Crippen LogP contribution in [0.25, 0.3) is 32.9 Å². The lowest BCUT2D eigenvalue weighted by Crippen LogP contribution is -2.62. The zero-order valence-electron chi connectivity index (χ0n) is 30.2. The van der Waals surface area contributed by atoms with E-state index in [-0.39, 0.29) is 12.5 Å². The minimum Gasteiger partial charge on any atom is -0.494 e. The number of carbonyl (C=O) groups excluding carboxylic acids is 3. The molecule has 0 bridgehead atoms. The van der Waals surface area contributed by atoms with Gasteiger partial charge >= 0.3 is 0 Å². The molecule has 12 nitrogen and oxygen atoms in total. The van der Waals surface area contributed by atoms with Gasteiger partial charge in [-0.15, -0.1) is 0 Å². The number of aryl methyl sites for hydroxylation is 2. The summed E-state index contributed by atoms with van der Waals surface area (Å²) >= 11 is 0. The highest BCUT2D eigenvalue weighted by atomic mass is 16.5. The van der Waals surface area contributed by atoms with E-state index in [0.717, 1.165) is 93.9 Å². The van der Waals surface area contributed by atoms with E-state index < -0.39 is 18.0 Å². The number of benzene rings is 2. The Balaban J connectivity index is 0.705. The Morgan fingerprint density at radius 3 is 2.42 bits per heavy atom. The second kappa shape index (κ2) is 15.4. The molecule has 8 rings (SSSR count). The number of pyridine rings is 2. The number of piperazine rings is 2. The van der Waals surface area contributed by atoms with Crippen LogP contribution in [0.1, 0.15) is 47.3 Å². The van der Waals surface area contributed by atoms with Crippen molar-refractivity contribution in [2.75, 3.05) is 52.4 Å². The van der Waals surface area contributed by atoms with Gasteiger partial charge in [0, 0.05) is 91.5 Å². The minimum absolute atomic E-state index is 0.00167. The summed E-state index contributed by atoms with van der Waals surface area (Å²) in [5, 5.41) is 7.54. The second-order valence-electron chi connectivity index (χ2n) is 14.4. The monoisotopic (exact) mass is 714 g/mol. The van der Waals surface area contributed by atoms with Crippen molar-refractivity contribution in [3.05, 3.63) is 90.0 Å². The molecule has 2 aromatic carbocycles. The van der Waals surface area contributed by atoms with Crippen molar-refractivity contribution in [2.45, 2.75) is 44.8 Å². The van der Waals surface area contributed by atoms with Crippen molar-refractivity contribution in [3.63, 3.8) is 0 Å². The summed E-state index contributed by atoms with van der Waals surface area (Å²) < 4.78 is 8.25. The molecule has 12 heteroatoms. The SMILES string of the molecule is Cn1c2ccncc2c2ccc(-c3ccc(CCCN4CCN(CCCCCOc5ccc6c(c5)CN(C5NCC(=O)NC5=O)C6=O)CC4)nc3)cc21. The lowest BCUT2D eigenvalue weighted by Gasteiger charge is -2.34. The largest absolute Gasteiger partial charge is 0.494 e. The van der Waals surface area contributed by atoms with Crippen LogP contribution in [0.4, 0.5) is 0 Å². The van der Waals surface area contributed by atoms with Gasteiger partial charge in [0.25, 0.3) is 11.8 Å². The molecule has 3 aromatic heterocycles. The van der Waals surface area contributed by atoms with Crippen LogP contribution in [0, 0.1) is 0 Å². The first-order valence-electron chi connectivity index (χ1n) is 18.8. The summed E-state index contributed by atoms with van der Waals surface area (Å²) in [4.78, 5) is 52.3. The number of nitrogens with one attached hydrogen (secondary N) is 2. The molecular weight excluding hydrogens is 669 g/mol. The van der Waals surface area contributed by atoms with Crippen molar-refractivity contribution in [1.29, 1.82) is 0 Å². The van der Waals surface area contributed by atoms with E-state index in [0.29, 0.717) is 18.7 Å². The number of carbonyl (C=O) groups is 3. The molecular formula is C41H46N8O4. The predicted octanol–water partition coefficient (Wildman–Crippen LogP) is 4.12. The first kappa shape index (κ1) is 34.9. The van der Waals surface area contributed by atoms with Crippen molar-refractivity contribution >= 4 is 39.5 Å². The maximum absolute atomic E-state index is 12.9. The Kier molecular flexibility index (Phi) is 10.2. The van der Waals surface area contributed by atoms with Gasteiger partial charge in [0.1, 0.15) is 5.75 Å². The minimum atomic E-state index is -0.851. The number of hydrogen-bond donors (Lipinski definition) is 2. The van der Waals surface area contributed by atoms with Crippen LogP contribution in [0.5, 0.6) is 5.75 Å². The number of rotatable bonds is 13. The summed E-state index contributed by atoms with van der Waals surface area (Å²) in [5.74, 6) is -0.388. The van der Waals surface area contributed by atoms with Gasteiger partial charge in [-0.1, -0.05) is 18.2 Å². The number of ether oxygens (including phenoxy) is 1. The topological polar surface area (TPSA) is 125 Å². The molecule has 2 fully saturated rings. The van der Waals surface area contributed by atoms with E-state index in [1.165, 1.54) is 32.3 Å². The third-order valence-corrected chi connectivity index (χ3v) is 10.9. The van der Waals surface area contributed by atoms with Crippen LogP contribution in [-0.2, 0) is 29.6 Å². The van der Waals surface area contributed by atoms with Gasteiger partial charge in [0.2, 0.25) is 5.91 Å². The molecule has 3 aliphatic rings. The fraction of sp³-hybridized carbons (Fsp3) is 0.390. The van der Waals surface area contributed by atoms with Gasteiger partial charge in [-0.2, -0.15) is 0 Å². The smallest absolute Gasteiger partial charge is 0.264 e. The first-order chi connectivity index (χ1) is 25.9. The van der Waals surface area contributed by atoms with E-state index in [1.54, 1.807) is 6.07 Å². The first-order valence-corrected chi connectivity index (χ1v) is 18.8. The molecule has 5 aromatic rings. The standard InChI is InChI=1S/C41H46N8O4/c1-46-36-13-14-42-25-35(36)34-11-8-28(23-37(34)46)29-7-9-31(43-24-29)6-5-16-48-19-17-47(18-20-48)15-3-2-4-21-53-32-10-12-33-30(22-32)27-49(41(33)52)39-40(51)45-38(50)26-44-39/h7-14,22-25,39,44H,2-6,15-21,26-27H2,1H3,(H,45,50,51). The molecule has 0 radical (unpaired) electrons. The van der Waals surface area contributed by atoms with Gasteiger partial charge in [0.15, 0.2) is 6.17 Å². The van der Waals surface area contributed by atoms with Crippen LogP contribution < -0.4 is 15.4 Å². The second-order valence-corrected chi connectivity index (χ2v) is 14.4. The Morgan fingerprint density at radius 2 is 1.62 bits per heavy atom. The zero-order valence-corrected chi connectivity index (χ0v) is 30.2. The third kappa shape index (κ3) is 7.53. The number of amides is 3. The molecule has 0 aliphatic carbocycles. The maximum atomic E-state index is 12.9. The third-order valence-electron chi connectivity index (χ3n) is 10.9. The van der Waals surface area contributed by atoms with Crippen LogP contribution in [0.2, 0.25) is 0 Å². The molecule has 0 spiro atoms. The fourth-order valence-corrected chi connectivity index (χ4v) is 7.90. The van der Waals surface area contributed by atoms with Crippen molar-refractivity contribution in [1.82, 2.24) is 39.9 Å². The Morgan fingerprint density at radius 1 is 0.811 bits per heavy atom. The number of fused-ring (bicyclic) bond motifs is 4. The van der Waals surface area contributed by atoms with Crippen LogP contribution >= 0.6 is 0 Å².